The number of imidazole rings is 1. The first-order valence-electron chi connectivity index (χ1n) is 19.2. The zero-order valence-corrected chi connectivity index (χ0v) is 35.2. The summed E-state index contributed by atoms with van der Waals surface area (Å²) in [6.07, 6.45) is 5.55. The van der Waals surface area contributed by atoms with Crippen LogP contribution in [0.15, 0.2) is 71.7 Å². The van der Waals surface area contributed by atoms with Crippen LogP contribution < -0.4 is 10.6 Å². The van der Waals surface area contributed by atoms with E-state index in [-0.39, 0.29) is 24.8 Å². The van der Waals surface area contributed by atoms with Crippen LogP contribution in [0.4, 0.5) is 10.1 Å². The number of halogens is 1. The number of para-hydroxylation sites is 1. The van der Waals surface area contributed by atoms with E-state index in [2.05, 4.69) is 49.3 Å². The smallest absolute Gasteiger partial charge is 0.350 e. The van der Waals surface area contributed by atoms with Gasteiger partial charge in [0.15, 0.2) is 11.5 Å². The summed E-state index contributed by atoms with van der Waals surface area (Å²) in [7, 11) is -2.71. The highest BCUT2D eigenvalue weighted by Gasteiger charge is 2.24. The molecule has 12 nitrogen and oxygen atoms in total. The second-order valence-corrected chi connectivity index (χ2v) is 27.8. The van der Waals surface area contributed by atoms with Crippen LogP contribution in [-0.2, 0) is 27.7 Å². The quantitative estimate of drug-likeness (QED) is 0.0761. The number of hydrogen-bond acceptors (Lipinski definition) is 9. The Labute approximate surface area is 328 Å². The molecule has 0 bridgehead atoms. The fourth-order valence-corrected chi connectivity index (χ4v) is 7.99. The molecule has 4 aromatic heterocycles. The molecule has 5 heterocycles. The van der Waals surface area contributed by atoms with Crippen molar-refractivity contribution in [3.63, 3.8) is 0 Å². The maximum Gasteiger partial charge on any atom is 0.350 e. The van der Waals surface area contributed by atoms with E-state index >= 15 is 4.39 Å². The van der Waals surface area contributed by atoms with Crippen molar-refractivity contribution in [2.24, 2.45) is 0 Å². The van der Waals surface area contributed by atoms with Gasteiger partial charge in [-0.25, -0.2) is 23.7 Å². The molecular weight excluding hydrogens is 744 g/mol. The Bertz CT molecular complexity index is 2410. The summed E-state index contributed by atoms with van der Waals surface area (Å²) in [5, 5.41) is 10.4. The van der Waals surface area contributed by atoms with Gasteiger partial charge < -0.3 is 19.1 Å². The second-order valence-electron chi connectivity index (χ2n) is 16.6. The fourth-order valence-electron chi connectivity index (χ4n) is 6.48. The van der Waals surface area contributed by atoms with Gasteiger partial charge in [0.05, 0.1) is 47.6 Å². The summed E-state index contributed by atoms with van der Waals surface area (Å²) in [5.74, 6) is -0.373. The molecule has 1 aliphatic heterocycles. The van der Waals surface area contributed by atoms with Crippen LogP contribution in [0.2, 0.25) is 51.4 Å². The van der Waals surface area contributed by atoms with Crippen molar-refractivity contribution in [2.75, 3.05) is 44.4 Å². The van der Waals surface area contributed by atoms with Gasteiger partial charge >= 0.3 is 5.69 Å². The summed E-state index contributed by atoms with van der Waals surface area (Å²) in [6.45, 7) is 17.2. The normalized spacial score (nSPS) is 14.2. The number of benzene rings is 2. The van der Waals surface area contributed by atoms with Gasteiger partial charge in [-0.2, -0.15) is 9.78 Å². The van der Waals surface area contributed by atoms with Gasteiger partial charge in [-0.1, -0.05) is 69.6 Å². The molecule has 0 amide bonds. The maximum absolute atomic E-state index is 16.6. The van der Waals surface area contributed by atoms with Crippen LogP contribution >= 0.6 is 0 Å². The Morgan fingerprint density at radius 2 is 1.59 bits per heavy atom. The number of morpholine rings is 1. The Hall–Kier alpha value is -4.81. The van der Waals surface area contributed by atoms with Crippen LogP contribution in [0, 0.1) is 5.82 Å². The maximum atomic E-state index is 16.6. The Kier molecular flexibility index (Phi) is 11.8. The molecular formula is C41H51FN8O4Si2. The molecule has 0 radical (unpaired) electrons. The molecule has 1 saturated heterocycles. The number of anilines is 1. The average Bonchev–Trinajstić information content (AvgIpc) is 3.70. The number of hydrogen-bond donors (Lipinski definition) is 0. The van der Waals surface area contributed by atoms with Gasteiger partial charge in [0.1, 0.15) is 25.0 Å². The average molecular weight is 795 g/mol. The number of ether oxygens (including phenoxy) is 3. The fraction of sp³-hybridized carbons (Fsp3) is 0.390. The molecule has 6 aromatic rings. The van der Waals surface area contributed by atoms with E-state index in [0.717, 1.165) is 47.5 Å². The summed E-state index contributed by atoms with van der Waals surface area (Å²) in [6, 6.07) is 20.7. The standard InChI is InChI=1S/C41H51FN8O4Si2/c1-55(2,3)25-23-53-28-48-39(46-49(41(48)51)29-54-24-26-56(4,5)6)33-15-12-31(27-34(33)42)38-36(16-14-32-13-11-30-9-7-8-10-35(30)44-32)45-40-37(17-18-43-50(38)40)47-19-21-52-22-20-47/h7-18,27H,19-26,28-29H2,1-6H3/b16-14+. The SMILES string of the molecule is C[Si](C)(C)CCOCn1nc(-c2ccc(-c3c(/C=C/c4ccc5ccccc5n4)nc4c(N5CCOCC5)ccnn34)cc2F)n(COCC[Si](C)(C)C)c1=O. The van der Waals surface area contributed by atoms with Crippen molar-refractivity contribution < 1.29 is 18.6 Å². The molecule has 294 valence electrons. The lowest BCUT2D eigenvalue weighted by atomic mass is 10.1. The minimum absolute atomic E-state index is 0.0291. The van der Waals surface area contributed by atoms with Crippen molar-refractivity contribution in [3.05, 3.63) is 94.5 Å². The summed E-state index contributed by atoms with van der Waals surface area (Å²) >= 11 is 0. The first-order chi connectivity index (χ1) is 26.8. The third kappa shape index (κ3) is 9.24. The monoisotopic (exact) mass is 794 g/mol. The van der Waals surface area contributed by atoms with Crippen LogP contribution in [-0.4, -0.2) is 89.6 Å². The van der Waals surface area contributed by atoms with Gasteiger partial charge in [-0.3, -0.25) is 4.57 Å². The summed E-state index contributed by atoms with van der Waals surface area (Å²) < 4.78 is 38.5. The molecule has 1 aliphatic rings. The zero-order chi connectivity index (χ0) is 39.5. The van der Waals surface area contributed by atoms with Gasteiger partial charge in [-0.15, -0.1) is 5.10 Å². The van der Waals surface area contributed by atoms with Gasteiger partial charge in [0.2, 0.25) is 0 Å². The lowest BCUT2D eigenvalue weighted by molar-refractivity contribution is 0.0692. The van der Waals surface area contributed by atoms with Crippen molar-refractivity contribution in [1.82, 2.24) is 33.9 Å². The molecule has 0 saturated carbocycles. The predicted octanol–water partition coefficient (Wildman–Crippen LogP) is 7.74. The molecule has 0 atom stereocenters. The van der Waals surface area contributed by atoms with Crippen molar-refractivity contribution in [1.29, 1.82) is 0 Å². The topological polar surface area (TPSA) is 114 Å². The Morgan fingerprint density at radius 1 is 0.857 bits per heavy atom. The van der Waals surface area contributed by atoms with Crippen LogP contribution in [0.25, 0.3) is 51.3 Å². The molecule has 0 aliphatic carbocycles. The zero-order valence-electron chi connectivity index (χ0n) is 33.2. The van der Waals surface area contributed by atoms with Gasteiger partial charge in [0, 0.05) is 53.4 Å². The van der Waals surface area contributed by atoms with E-state index in [1.807, 2.05) is 60.7 Å². The highest BCUT2D eigenvalue weighted by atomic mass is 28.3. The van der Waals surface area contributed by atoms with Gasteiger partial charge in [0.25, 0.3) is 0 Å². The molecule has 15 heteroatoms. The molecule has 0 spiro atoms. The second kappa shape index (κ2) is 16.7. The first-order valence-corrected chi connectivity index (χ1v) is 26.6. The summed E-state index contributed by atoms with van der Waals surface area (Å²) in [4.78, 5) is 25.8. The third-order valence-electron chi connectivity index (χ3n) is 9.74. The summed E-state index contributed by atoms with van der Waals surface area (Å²) in [5.41, 5.74) is 4.76. The molecule has 0 N–H and O–H groups in total. The van der Waals surface area contributed by atoms with E-state index in [1.54, 1.807) is 16.8 Å². The molecule has 2 aromatic carbocycles. The van der Waals surface area contributed by atoms with E-state index in [0.29, 0.717) is 49.0 Å². The van der Waals surface area contributed by atoms with E-state index < -0.39 is 27.7 Å². The number of aromatic nitrogens is 7. The number of rotatable bonds is 15. The van der Waals surface area contributed by atoms with Crippen molar-refractivity contribution in [3.8, 4) is 22.6 Å². The lowest BCUT2D eigenvalue weighted by Crippen LogP contribution is -2.36. The number of nitrogens with zero attached hydrogens (tertiary/aromatic N) is 8. The minimum Gasteiger partial charge on any atom is -0.378 e. The van der Waals surface area contributed by atoms with E-state index in [9.17, 15) is 4.79 Å². The van der Waals surface area contributed by atoms with Crippen molar-refractivity contribution in [2.45, 2.75) is 64.8 Å². The number of fused-ring (bicyclic) bond motifs is 2. The third-order valence-corrected chi connectivity index (χ3v) is 13.1. The highest BCUT2D eigenvalue weighted by Crippen LogP contribution is 2.33. The lowest BCUT2D eigenvalue weighted by Gasteiger charge is -2.28. The van der Waals surface area contributed by atoms with Crippen molar-refractivity contribution >= 4 is 50.5 Å². The molecule has 0 unspecified atom stereocenters. The number of pyridine rings is 1. The Balaban J connectivity index is 1.27. The largest absolute Gasteiger partial charge is 0.378 e. The van der Waals surface area contributed by atoms with E-state index in [4.69, 9.17) is 29.3 Å². The van der Waals surface area contributed by atoms with Crippen LogP contribution in [0.5, 0.6) is 0 Å². The predicted molar refractivity (Wildman–Crippen MR) is 226 cm³/mol. The molecule has 56 heavy (non-hydrogen) atoms. The first kappa shape index (κ1) is 39.4. The van der Waals surface area contributed by atoms with Gasteiger partial charge in [-0.05, 0) is 54.6 Å². The highest BCUT2D eigenvalue weighted by molar-refractivity contribution is 6.76. The van der Waals surface area contributed by atoms with Crippen LogP contribution in [0.1, 0.15) is 11.4 Å². The van der Waals surface area contributed by atoms with Crippen LogP contribution in [0.3, 0.4) is 0 Å². The van der Waals surface area contributed by atoms with E-state index in [1.165, 1.54) is 15.3 Å². The minimum atomic E-state index is -1.37. The molecule has 1 fully saturated rings. The Morgan fingerprint density at radius 3 is 2.32 bits per heavy atom. The molecule has 7 rings (SSSR count).